The number of carbonyl (C=O) groups is 4. The second-order valence-electron chi connectivity index (χ2n) is 9.76. The number of benzene rings is 1. The van der Waals surface area contributed by atoms with Crippen LogP contribution in [0.25, 0.3) is 0 Å². The number of aliphatic hydroxyl groups is 1. The molecule has 4 rings (SSSR count). The molecule has 1 aromatic carbocycles. The minimum absolute atomic E-state index is 0.0170. The van der Waals surface area contributed by atoms with Gasteiger partial charge in [-0.2, -0.15) is 0 Å². The molecule has 35 heavy (non-hydrogen) atoms. The van der Waals surface area contributed by atoms with Crippen LogP contribution in [-0.4, -0.2) is 60.5 Å². The molecular formula is C25H33FN4O5. The van der Waals surface area contributed by atoms with Crippen LogP contribution in [0.1, 0.15) is 68.6 Å². The van der Waals surface area contributed by atoms with Crippen molar-refractivity contribution in [1.29, 1.82) is 0 Å². The van der Waals surface area contributed by atoms with Gasteiger partial charge in [-0.15, -0.1) is 0 Å². The third-order valence-electron chi connectivity index (χ3n) is 7.06. The highest BCUT2D eigenvalue weighted by atomic mass is 19.1. The fraction of sp³-hybridized carbons (Fsp3) is 0.600. The molecule has 4 amide bonds. The molecule has 0 bridgehead atoms. The van der Waals surface area contributed by atoms with Crippen LogP contribution in [0.15, 0.2) is 12.1 Å². The molecule has 2 saturated heterocycles. The average Bonchev–Trinajstić information content (AvgIpc) is 3.42. The Hall–Kier alpha value is -3.01. The Labute approximate surface area is 204 Å². The summed E-state index contributed by atoms with van der Waals surface area (Å²) >= 11 is 0. The molecule has 2 aliphatic heterocycles. The van der Waals surface area contributed by atoms with E-state index in [4.69, 9.17) is 0 Å². The molecule has 10 heteroatoms. The van der Waals surface area contributed by atoms with Gasteiger partial charge in [-0.3, -0.25) is 19.2 Å². The van der Waals surface area contributed by atoms with Crippen LogP contribution in [0.3, 0.4) is 0 Å². The van der Waals surface area contributed by atoms with E-state index in [-0.39, 0.29) is 48.0 Å². The Morgan fingerprint density at radius 1 is 1.09 bits per heavy atom. The Kier molecular flexibility index (Phi) is 7.69. The van der Waals surface area contributed by atoms with Crippen LogP contribution in [0.2, 0.25) is 0 Å². The van der Waals surface area contributed by atoms with Crippen molar-refractivity contribution in [1.82, 2.24) is 10.6 Å². The molecule has 9 nitrogen and oxygen atoms in total. The molecular weight excluding hydrogens is 455 g/mol. The van der Waals surface area contributed by atoms with Crippen molar-refractivity contribution < 1.29 is 28.7 Å². The smallest absolute Gasteiger partial charge is 0.254 e. The highest BCUT2D eigenvalue weighted by Gasteiger charge is 2.31. The van der Waals surface area contributed by atoms with Crippen LogP contribution in [0.5, 0.6) is 0 Å². The van der Waals surface area contributed by atoms with Gasteiger partial charge in [0.2, 0.25) is 17.7 Å². The normalized spacial score (nSPS) is 20.1. The van der Waals surface area contributed by atoms with Crippen LogP contribution >= 0.6 is 0 Å². The summed E-state index contributed by atoms with van der Waals surface area (Å²) < 4.78 is 15.4. The molecule has 2 unspecified atom stereocenters. The third kappa shape index (κ3) is 5.63. The van der Waals surface area contributed by atoms with E-state index < -0.39 is 23.7 Å². The number of anilines is 2. The van der Waals surface area contributed by atoms with Crippen molar-refractivity contribution in [2.24, 2.45) is 5.92 Å². The first-order valence-electron chi connectivity index (χ1n) is 12.5. The summed E-state index contributed by atoms with van der Waals surface area (Å²) in [5.41, 5.74) is 0.0622. The Morgan fingerprint density at radius 3 is 2.31 bits per heavy atom. The number of carbonyl (C=O) groups excluding carboxylic acids is 4. The molecule has 3 aliphatic rings. The summed E-state index contributed by atoms with van der Waals surface area (Å²) in [6, 6.07) is 2.98. The molecule has 1 saturated carbocycles. The maximum atomic E-state index is 15.4. The number of nitrogens with zero attached hydrogens (tertiary/aromatic N) is 2. The van der Waals surface area contributed by atoms with Crippen molar-refractivity contribution in [3.8, 4) is 0 Å². The number of amides is 4. The summed E-state index contributed by atoms with van der Waals surface area (Å²) in [6.45, 7) is 2.35. The van der Waals surface area contributed by atoms with E-state index in [9.17, 15) is 24.3 Å². The number of aliphatic hydroxyl groups excluding tert-OH is 1. The van der Waals surface area contributed by atoms with Gasteiger partial charge in [0.1, 0.15) is 0 Å². The van der Waals surface area contributed by atoms with Gasteiger partial charge >= 0.3 is 0 Å². The van der Waals surface area contributed by atoms with Gasteiger partial charge < -0.3 is 25.5 Å². The largest absolute Gasteiger partial charge is 0.391 e. The van der Waals surface area contributed by atoms with E-state index >= 15 is 4.39 Å². The van der Waals surface area contributed by atoms with E-state index in [0.29, 0.717) is 44.5 Å². The van der Waals surface area contributed by atoms with Gasteiger partial charge in [-0.05, 0) is 50.7 Å². The van der Waals surface area contributed by atoms with E-state index in [1.807, 2.05) is 0 Å². The van der Waals surface area contributed by atoms with Crippen LogP contribution in [0, 0.1) is 11.7 Å². The molecule has 3 fully saturated rings. The Morgan fingerprint density at radius 2 is 1.74 bits per heavy atom. The maximum Gasteiger partial charge on any atom is 0.254 e. The van der Waals surface area contributed by atoms with Gasteiger partial charge in [0.25, 0.3) is 5.91 Å². The van der Waals surface area contributed by atoms with Crippen LogP contribution in [0.4, 0.5) is 15.8 Å². The summed E-state index contributed by atoms with van der Waals surface area (Å²) in [7, 11) is 0. The summed E-state index contributed by atoms with van der Waals surface area (Å²) in [6.07, 6.45) is 4.11. The summed E-state index contributed by atoms with van der Waals surface area (Å²) in [5.74, 6) is -2.51. The minimum atomic E-state index is -0.993. The van der Waals surface area contributed by atoms with Crippen molar-refractivity contribution in [3.63, 3.8) is 0 Å². The molecule has 1 aromatic rings. The van der Waals surface area contributed by atoms with Crippen LogP contribution in [-0.2, 0) is 14.4 Å². The van der Waals surface area contributed by atoms with Gasteiger partial charge in [0.15, 0.2) is 5.82 Å². The predicted octanol–water partition coefficient (Wildman–Crippen LogP) is 1.86. The lowest BCUT2D eigenvalue weighted by Gasteiger charge is -2.28. The van der Waals surface area contributed by atoms with E-state index in [1.54, 1.807) is 6.92 Å². The second-order valence-corrected chi connectivity index (χ2v) is 9.76. The monoisotopic (exact) mass is 488 g/mol. The number of hydrogen-bond acceptors (Lipinski definition) is 5. The van der Waals surface area contributed by atoms with Gasteiger partial charge in [0.05, 0.1) is 17.4 Å². The first-order valence-corrected chi connectivity index (χ1v) is 12.5. The predicted molar refractivity (Wildman–Crippen MR) is 127 cm³/mol. The topological polar surface area (TPSA) is 119 Å². The molecule has 3 N–H and O–H groups in total. The van der Waals surface area contributed by atoms with Gasteiger partial charge in [-0.1, -0.05) is 6.92 Å². The molecule has 0 radical (unpaired) electrons. The number of rotatable bonds is 9. The third-order valence-corrected chi connectivity index (χ3v) is 7.06. The van der Waals surface area contributed by atoms with Gasteiger partial charge in [-0.25, -0.2) is 4.39 Å². The number of hydrogen-bond donors (Lipinski definition) is 3. The van der Waals surface area contributed by atoms with E-state index in [2.05, 4.69) is 10.6 Å². The average molecular weight is 489 g/mol. The molecule has 0 spiro atoms. The second kappa shape index (κ2) is 10.7. The van der Waals surface area contributed by atoms with Crippen molar-refractivity contribution in [2.45, 2.75) is 70.4 Å². The first kappa shape index (κ1) is 25.1. The minimum Gasteiger partial charge on any atom is -0.391 e. The van der Waals surface area contributed by atoms with E-state index in [1.165, 1.54) is 21.9 Å². The van der Waals surface area contributed by atoms with Gasteiger partial charge in [0, 0.05) is 50.1 Å². The number of nitrogens with one attached hydrogen (secondary N) is 2. The van der Waals surface area contributed by atoms with Crippen LogP contribution < -0.4 is 20.4 Å². The SMILES string of the molecule is CC(CC(O)CNC(=O)c1cc(N2CCCC2=O)cc(N2CCCC2=O)c1F)C(=O)NC1CCC1. The quantitative estimate of drug-likeness (QED) is 0.490. The Bertz CT molecular complexity index is 1010. The highest BCUT2D eigenvalue weighted by Crippen LogP contribution is 2.33. The zero-order valence-electron chi connectivity index (χ0n) is 20.0. The zero-order chi connectivity index (χ0) is 25.1. The highest BCUT2D eigenvalue weighted by molar-refractivity contribution is 6.03. The lowest BCUT2D eigenvalue weighted by molar-refractivity contribution is -0.126. The summed E-state index contributed by atoms with van der Waals surface area (Å²) in [5, 5.41) is 15.8. The van der Waals surface area contributed by atoms with Crippen molar-refractivity contribution in [3.05, 3.63) is 23.5 Å². The van der Waals surface area contributed by atoms with E-state index in [0.717, 1.165) is 19.3 Å². The van der Waals surface area contributed by atoms with Crippen molar-refractivity contribution in [2.75, 3.05) is 29.4 Å². The van der Waals surface area contributed by atoms with Crippen molar-refractivity contribution >= 4 is 35.0 Å². The fourth-order valence-electron chi connectivity index (χ4n) is 4.74. The molecule has 1 aliphatic carbocycles. The first-order chi connectivity index (χ1) is 16.7. The molecule has 2 atom stereocenters. The number of halogens is 1. The lowest BCUT2D eigenvalue weighted by Crippen LogP contribution is -2.43. The maximum absolute atomic E-state index is 15.4. The molecule has 0 aromatic heterocycles. The molecule has 190 valence electrons. The molecule has 2 heterocycles. The lowest BCUT2D eigenvalue weighted by atomic mass is 9.92. The zero-order valence-corrected chi connectivity index (χ0v) is 20.0. The standard InChI is InChI=1S/C25H33FN4O5/c1-15(24(34)28-16-5-2-6-16)11-18(31)14-27-25(35)19-12-17(29-9-3-7-21(29)32)13-20(23(19)26)30-10-4-8-22(30)33/h12-13,15-16,18,31H,2-11,14H2,1H3,(H,27,35)(H,28,34). The fourth-order valence-corrected chi connectivity index (χ4v) is 4.74. The Balaban J connectivity index is 1.45. The summed E-state index contributed by atoms with van der Waals surface area (Å²) in [4.78, 5) is 52.5.